The van der Waals surface area contributed by atoms with Crippen molar-refractivity contribution < 1.29 is 4.39 Å². The van der Waals surface area contributed by atoms with E-state index in [-0.39, 0.29) is 17.9 Å². The fourth-order valence-electron chi connectivity index (χ4n) is 2.59. The number of benzene rings is 2. The van der Waals surface area contributed by atoms with Crippen molar-refractivity contribution in [1.82, 2.24) is 5.32 Å². The quantitative estimate of drug-likeness (QED) is 0.784. The van der Waals surface area contributed by atoms with Gasteiger partial charge >= 0.3 is 0 Å². The monoisotopic (exact) mass is 349 g/mol. The van der Waals surface area contributed by atoms with Crippen LogP contribution in [0, 0.1) is 12.7 Å². The van der Waals surface area contributed by atoms with Crippen LogP contribution in [0.1, 0.15) is 36.6 Å². The molecule has 0 aliphatic rings. The van der Waals surface area contributed by atoms with Crippen LogP contribution >= 0.6 is 15.9 Å². The minimum Gasteiger partial charge on any atom is -0.307 e. The summed E-state index contributed by atoms with van der Waals surface area (Å²) >= 11 is 3.40. The van der Waals surface area contributed by atoms with Crippen molar-refractivity contribution in [2.45, 2.75) is 39.3 Å². The van der Waals surface area contributed by atoms with Crippen molar-refractivity contribution in [2.75, 3.05) is 0 Å². The molecule has 2 rings (SSSR count). The van der Waals surface area contributed by atoms with Crippen LogP contribution < -0.4 is 5.32 Å². The smallest absolute Gasteiger partial charge is 0.128 e. The van der Waals surface area contributed by atoms with Crippen LogP contribution in [0.15, 0.2) is 46.9 Å². The summed E-state index contributed by atoms with van der Waals surface area (Å²) in [5.41, 5.74) is 3.33. The summed E-state index contributed by atoms with van der Waals surface area (Å²) in [5.74, 6) is -0.165. The molecule has 0 radical (unpaired) electrons. The molecule has 0 aliphatic carbocycles. The Morgan fingerprint density at radius 3 is 2.57 bits per heavy atom. The Morgan fingerprint density at radius 2 is 1.86 bits per heavy atom. The highest BCUT2D eigenvalue weighted by Crippen LogP contribution is 2.22. The summed E-state index contributed by atoms with van der Waals surface area (Å²) in [7, 11) is 0. The average molecular weight is 350 g/mol. The molecule has 21 heavy (non-hydrogen) atoms. The number of aryl methyl sites for hydroxylation is 1. The zero-order chi connectivity index (χ0) is 15.4. The van der Waals surface area contributed by atoms with E-state index in [4.69, 9.17) is 0 Å². The first kappa shape index (κ1) is 16.2. The maximum Gasteiger partial charge on any atom is 0.128 e. The normalized spacial score (nSPS) is 14.0. The van der Waals surface area contributed by atoms with Gasteiger partial charge in [-0.3, -0.25) is 0 Å². The van der Waals surface area contributed by atoms with Crippen LogP contribution in [0.25, 0.3) is 0 Å². The minimum absolute atomic E-state index is 0.0264. The SMILES string of the molecule is Cc1ccccc1CC(C)NC(C)c1cc(Br)ccc1F. The predicted octanol–water partition coefficient (Wildman–Crippen LogP) is 5.18. The standard InChI is InChI=1S/C18H21BrFN/c1-12-6-4-5-7-15(12)10-13(2)21-14(3)17-11-16(19)8-9-18(17)20/h4-9,11,13-14,21H,10H2,1-3H3. The van der Waals surface area contributed by atoms with E-state index >= 15 is 0 Å². The number of halogens is 2. The van der Waals surface area contributed by atoms with Gasteiger partial charge in [0, 0.05) is 22.1 Å². The Morgan fingerprint density at radius 1 is 1.14 bits per heavy atom. The van der Waals surface area contributed by atoms with E-state index < -0.39 is 0 Å². The number of rotatable bonds is 5. The summed E-state index contributed by atoms with van der Waals surface area (Å²) in [6.07, 6.45) is 0.937. The molecule has 2 aromatic carbocycles. The van der Waals surface area contributed by atoms with E-state index in [1.165, 1.54) is 17.2 Å². The number of hydrogen-bond donors (Lipinski definition) is 1. The molecule has 0 amide bonds. The Kier molecular flexibility index (Phi) is 5.54. The van der Waals surface area contributed by atoms with E-state index in [1.807, 2.05) is 13.0 Å². The highest BCUT2D eigenvalue weighted by Gasteiger charge is 2.14. The van der Waals surface area contributed by atoms with E-state index in [9.17, 15) is 4.39 Å². The molecule has 0 aliphatic heterocycles. The van der Waals surface area contributed by atoms with Crippen LogP contribution in [0.3, 0.4) is 0 Å². The molecule has 2 atom stereocenters. The van der Waals surface area contributed by atoms with Gasteiger partial charge < -0.3 is 5.32 Å². The van der Waals surface area contributed by atoms with E-state index in [2.05, 4.69) is 59.4 Å². The van der Waals surface area contributed by atoms with Crippen LogP contribution in [-0.2, 0) is 6.42 Å². The second-order valence-electron chi connectivity index (χ2n) is 5.59. The first-order chi connectivity index (χ1) is 9.97. The third-order valence-electron chi connectivity index (χ3n) is 3.75. The number of nitrogens with one attached hydrogen (secondary N) is 1. The lowest BCUT2D eigenvalue weighted by Crippen LogP contribution is -2.31. The molecule has 0 heterocycles. The summed E-state index contributed by atoms with van der Waals surface area (Å²) < 4.78 is 14.8. The zero-order valence-corrected chi connectivity index (χ0v) is 14.2. The molecule has 0 aromatic heterocycles. The van der Waals surface area contributed by atoms with Gasteiger partial charge in [-0.15, -0.1) is 0 Å². The van der Waals surface area contributed by atoms with Crippen LogP contribution in [0.4, 0.5) is 4.39 Å². The average Bonchev–Trinajstić information content (AvgIpc) is 2.44. The molecular weight excluding hydrogens is 329 g/mol. The van der Waals surface area contributed by atoms with E-state index in [1.54, 1.807) is 6.07 Å². The molecule has 0 saturated carbocycles. The summed E-state index contributed by atoms with van der Waals surface area (Å²) in [5, 5.41) is 3.48. The van der Waals surface area contributed by atoms with Crippen LogP contribution in [-0.4, -0.2) is 6.04 Å². The highest BCUT2D eigenvalue weighted by molar-refractivity contribution is 9.10. The first-order valence-corrected chi connectivity index (χ1v) is 8.02. The lowest BCUT2D eigenvalue weighted by molar-refractivity contribution is 0.460. The van der Waals surface area contributed by atoms with Crippen molar-refractivity contribution in [3.63, 3.8) is 0 Å². The van der Waals surface area contributed by atoms with E-state index in [0.29, 0.717) is 5.56 Å². The minimum atomic E-state index is -0.165. The molecule has 0 fully saturated rings. The third kappa shape index (κ3) is 4.39. The molecule has 0 saturated heterocycles. The lowest BCUT2D eigenvalue weighted by atomic mass is 10.0. The predicted molar refractivity (Wildman–Crippen MR) is 90.0 cm³/mol. The topological polar surface area (TPSA) is 12.0 Å². The van der Waals surface area contributed by atoms with Gasteiger partial charge in [0.15, 0.2) is 0 Å². The van der Waals surface area contributed by atoms with Crippen LogP contribution in [0.2, 0.25) is 0 Å². The van der Waals surface area contributed by atoms with Gasteiger partial charge in [-0.05, 0) is 56.5 Å². The Balaban J connectivity index is 2.04. The third-order valence-corrected chi connectivity index (χ3v) is 4.24. The second kappa shape index (κ2) is 7.19. The molecule has 0 bridgehead atoms. The summed E-state index contributed by atoms with van der Waals surface area (Å²) in [6, 6.07) is 13.7. The number of hydrogen-bond acceptors (Lipinski definition) is 1. The molecule has 1 N–H and O–H groups in total. The molecular formula is C18H21BrFN. The van der Waals surface area contributed by atoms with Gasteiger partial charge in [-0.2, -0.15) is 0 Å². The summed E-state index contributed by atoms with van der Waals surface area (Å²) in [4.78, 5) is 0. The highest BCUT2D eigenvalue weighted by atomic mass is 79.9. The largest absolute Gasteiger partial charge is 0.307 e. The first-order valence-electron chi connectivity index (χ1n) is 7.23. The molecule has 2 aromatic rings. The van der Waals surface area contributed by atoms with Crippen molar-refractivity contribution in [3.8, 4) is 0 Å². The van der Waals surface area contributed by atoms with Gasteiger partial charge in [0.2, 0.25) is 0 Å². The van der Waals surface area contributed by atoms with E-state index in [0.717, 1.165) is 10.9 Å². The molecule has 0 spiro atoms. The van der Waals surface area contributed by atoms with Crippen LogP contribution in [0.5, 0.6) is 0 Å². The molecule has 112 valence electrons. The van der Waals surface area contributed by atoms with Gasteiger partial charge in [0.25, 0.3) is 0 Å². The Hall–Kier alpha value is -1.19. The van der Waals surface area contributed by atoms with Gasteiger partial charge in [0.1, 0.15) is 5.82 Å². The van der Waals surface area contributed by atoms with Crippen molar-refractivity contribution in [3.05, 3.63) is 69.4 Å². The molecule has 3 heteroatoms. The maximum absolute atomic E-state index is 13.9. The molecule has 2 unspecified atom stereocenters. The fourth-order valence-corrected chi connectivity index (χ4v) is 2.97. The van der Waals surface area contributed by atoms with Crippen molar-refractivity contribution >= 4 is 15.9 Å². The lowest BCUT2D eigenvalue weighted by Gasteiger charge is -2.21. The van der Waals surface area contributed by atoms with Gasteiger partial charge in [-0.25, -0.2) is 4.39 Å². The molecule has 1 nitrogen and oxygen atoms in total. The fraction of sp³-hybridized carbons (Fsp3) is 0.333. The van der Waals surface area contributed by atoms with Crippen molar-refractivity contribution in [2.24, 2.45) is 0 Å². The maximum atomic E-state index is 13.9. The second-order valence-corrected chi connectivity index (χ2v) is 6.50. The van der Waals surface area contributed by atoms with Crippen molar-refractivity contribution in [1.29, 1.82) is 0 Å². The van der Waals surface area contributed by atoms with Gasteiger partial charge in [0.05, 0.1) is 0 Å². The Labute approximate surface area is 134 Å². The Bertz CT molecular complexity index is 612. The summed E-state index contributed by atoms with van der Waals surface area (Å²) in [6.45, 7) is 6.26. The van der Waals surface area contributed by atoms with Gasteiger partial charge in [-0.1, -0.05) is 40.2 Å². The zero-order valence-electron chi connectivity index (χ0n) is 12.7.